The maximum Gasteiger partial charge on any atom is 0.301 e. The van der Waals surface area contributed by atoms with E-state index in [9.17, 15) is 0 Å². The van der Waals surface area contributed by atoms with E-state index in [0.717, 1.165) is 0 Å². The van der Waals surface area contributed by atoms with Crippen LogP contribution >= 0.6 is 0 Å². The van der Waals surface area contributed by atoms with Crippen molar-refractivity contribution in [3.8, 4) is 11.8 Å². The predicted octanol–water partition coefficient (Wildman–Crippen LogP) is 1.71. The fourth-order valence-corrected chi connectivity index (χ4v) is 1.08. The predicted molar refractivity (Wildman–Crippen MR) is 45.3 cm³/mol. The first-order chi connectivity index (χ1) is 6.33. The highest BCUT2D eigenvalue weighted by molar-refractivity contribution is 5.74. The van der Waals surface area contributed by atoms with Crippen LogP contribution in [0.4, 0.5) is 0 Å². The zero-order valence-electron chi connectivity index (χ0n) is 6.94. The fourth-order valence-electron chi connectivity index (χ4n) is 1.08. The van der Waals surface area contributed by atoms with Crippen LogP contribution in [0.25, 0.3) is 11.1 Å². The second kappa shape index (κ2) is 2.79. The first kappa shape index (κ1) is 7.62. The van der Waals surface area contributed by atoms with E-state index in [4.69, 9.17) is 14.4 Å². The average molecular weight is 174 g/mol. The van der Waals surface area contributed by atoms with Gasteiger partial charge in [-0.05, 0) is 12.1 Å². The lowest BCUT2D eigenvalue weighted by Gasteiger charge is -1.95. The van der Waals surface area contributed by atoms with Gasteiger partial charge in [-0.1, -0.05) is 0 Å². The molecular formula is C9H6N2O2. The van der Waals surface area contributed by atoms with E-state index in [2.05, 4.69) is 4.98 Å². The van der Waals surface area contributed by atoms with Crippen LogP contribution in [0.15, 0.2) is 22.6 Å². The van der Waals surface area contributed by atoms with Gasteiger partial charge in [-0.2, -0.15) is 10.2 Å². The number of benzene rings is 1. The molecule has 0 saturated carbocycles. The fraction of sp³-hybridized carbons (Fsp3) is 0.111. The van der Waals surface area contributed by atoms with Crippen molar-refractivity contribution in [2.45, 2.75) is 0 Å². The molecule has 0 saturated heterocycles. The summed E-state index contributed by atoms with van der Waals surface area (Å²) in [4.78, 5) is 3.92. The van der Waals surface area contributed by atoms with E-state index in [1.165, 1.54) is 0 Å². The van der Waals surface area contributed by atoms with Gasteiger partial charge in [0.1, 0.15) is 11.3 Å². The SMILES string of the molecule is COc1ccc2nc(C#N)oc2c1. The molecule has 2 aromatic rings. The van der Waals surface area contributed by atoms with Gasteiger partial charge in [-0.25, -0.2) is 0 Å². The van der Waals surface area contributed by atoms with Crippen molar-refractivity contribution in [1.29, 1.82) is 5.26 Å². The third-order valence-electron chi connectivity index (χ3n) is 1.69. The van der Waals surface area contributed by atoms with Crippen LogP contribution in [0.1, 0.15) is 5.89 Å². The van der Waals surface area contributed by atoms with E-state index in [1.807, 2.05) is 6.07 Å². The molecule has 0 N–H and O–H groups in total. The zero-order chi connectivity index (χ0) is 9.26. The van der Waals surface area contributed by atoms with Crippen LogP contribution < -0.4 is 4.74 Å². The van der Waals surface area contributed by atoms with Crippen LogP contribution in [0.5, 0.6) is 5.75 Å². The number of oxazole rings is 1. The van der Waals surface area contributed by atoms with Gasteiger partial charge in [-0.3, -0.25) is 0 Å². The first-order valence-electron chi connectivity index (χ1n) is 3.68. The summed E-state index contributed by atoms with van der Waals surface area (Å²) in [5, 5.41) is 8.53. The minimum Gasteiger partial charge on any atom is -0.497 e. The number of fused-ring (bicyclic) bond motifs is 1. The van der Waals surface area contributed by atoms with Gasteiger partial charge in [0.05, 0.1) is 7.11 Å². The van der Waals surface area contributed by atoms with Crippen molar-refractivity contribution < 1.29 is 9.15 Å². The van der Waals surface area contributed by atoms with Gasteiger partial charge in [-0.15, -0.1) is 0 Å². The highest BCUT2D eigenvalue weighted by atomic mass is 16.5. The van der Waals surface area contributed by atoms with Gasteiger partial charge < -0.3 is 9.15 Å². The van der Waals surface area contributed by atoms with Gasteiger partial charge in [0.25, 0.3) is 0 Å². The molecule has 0 aliphatic heterocycles. The molecule has 1 aromatic heterocycles. The summed E-state index contributed by atoms with van der Waals surface area (Å²) in [6.45, 7) is 0. The Labute approximate surface area is 74.4 Å². The monoisotopic (exact) mass is 174 g/mol. The third-order valence-corrected chi connectivity index (χ3v) is 1.69. The number of ether oxygens (including phenoxy) is 1. The summed E-state index contributed by atoms with van der Waals surface area (Å²) in [6, 6.07) is 7.05. The van der Waals surface area contributed by atoms with E-state index in [-0.39, 0.29) is 5.89 Å². The van der Waals surface area contributed by atoms with Crippen molar-refractivity contribution >= 4 is 11.1 Å². The molecule has 0 spiro atoms. The number of nitriles is 1. The van der Waals surface area contributed by atoms with Crippen molar-refractivity contribution in [1.82, 2.24) is 4.98 Å². The van der Waals surface area contributed by atoms with E-state index in [0.29, 0.717) is 16.8 Å². The summed E-state index contributed by atoms with van der Waals surface area (Å²) in [7, 11) is 1.57. The maximum absolute atomic E-state index is 8.53. The lowest BCUT2D eigenvalue weighted by Crippen LogP contribution is -1.80. The third kappa shape index (κ3) is 1.20. The van der Waals surface area contributed by atoms with Gasteiger partial charge >= 0.3 is 5.89 Å². The Hall–Kier alpha value is -2.02. The Morgan fingerprint density at radius 1 is 1.54 bits per heavy atom. The highest BCUT2D eigenvalue weighted by Crippen LogP contribution is 2.20. The normalized spacial score (nSPS) is 9.85. The number of rotatable bonds is 1. The molecule has 0 amide bonds. The van der Waals surface area contributed by atoms with E-state index in [1.54, 1.807) is 25.3 Å². The first-order valence-corrected chi connectivity index (χ1v) is 3.68. The number of methoxy groups -OCH3 is 1. The van der Waals surface area contributed by atoms with Crippen molar-refractivity contribution in [2.75, 3.05) is 7.11 Å². The summed E-state index contributed by atoms with van der Waals surface area (Å²) in [5.41, 5.74) is 1.23. The maximum atomic E-state index is 8.53. The summed E-state index contributed by atoms with van der Waals surface area (Å²) >= 11 is 0. The molecule has 0 aliphatic rings. The van der Waals surface area contributed by atoms with Gasteiger partial charge in [0.15, 0.2) is 11.7 Å². The largest absolute Gasteiger partial charge is 0.497 e. The van der Waals surface area contributed by atoms with Crippen molar-refractivity contribution in [3.05, 3.63) is 24.1 Å². The minimum atomic E-state index is 0.0725. The van der Waals surface area contributed by atoms with Crippen LogP contribution in [-0.2, 0) is 0 Å². The molecule has 0 fully saturated rings. The number of hydrogen-bond acceptors (Lipinski definition) is 4. The molecule has 0 atom stereocenters. The van der Waals surface area contributed by atoms with Crippen LogP contribution in [-0.4, -0.2) is 12.1 Å². The Bertz CT molecular complexity index is 482. The van der Waals surface area contributed by atoms with Crippen LogP contribution in [0.2, 0.25) is 0 Å². The quantitative estimate of drug-likeness (QED) is 0.660. The summed E-state index contributed by atoms with van der Waals surface area (Å²) < 4.78 is 10.1. The Balaban J connectivity index is 2.65. The summed E-state index contributed by atoms with van der Waals surface area (Å²) in [5.74, 6) is 0.761. The lowest BCUT2D eigenvalue weighted by atomic mass is 10.3. The lowest BCUT2D eigenvalue weighted by molar-refractivity contribution is 0.414. The van der Waals surface area contributed by atoms with Gasteiger partial charge in [0, 0.05) is 6.07 Å². The molecule has 0 radical (unpaired) electrons. The molecule has 0 bridgehead atoms. The molecule has 64 valence electrons. The standard InChI is InChI=1S/C9H6N2O2/c1-12-6-2-3-7-8(4-6)13-9(5-10)11-7/h2-4H,1H3. The second-order valence-corrected chi connectivity index (χ2v) is 2.46. The number of nitrogens with zero attached hydrogens (tertiary/aromatic N) is 2. The second-order valence-electron chi connectivity index (χ2n) is 2.46. The zero-order valence-corrected chi connectivity index (χ0v) is 6.94. The topological polar surface area (TPSA) is 59.0 Å². The Kier molecular flexibility index (Phi) is 1.64. The van der Waals surface area contributed by atoms with Crippen LogP contribution in [0, 0.1) is 11.3 Å². The smallest absolute Gasteiger partial charge is 0.301 e. The minimum absolute atomic E-state index is 0.0725. The number of aromatic nitrogens is 1. The average Bonchev–Trinajstić information content (AvgIpc) is 2.58. The molecule has 0 unspecified atom stereocenters. The Morgan fingerprint density at radius 2 is 2.38 bits per heavy atom. The van der Waals surface area contributed by atoms with Crippen molar-refractivity contribution in [3.63, 3.8) is 0 Å². The molecule has 4 heteroatoms. The molecule has 4 nitrogen and oxygen atoms in total. The molecule has 0 aliphatic carbocycles. The Morgan fingerprint density at radius 3 is 3.08 bits per heavy atom. The van der Waals surface area contributed by atoms with Crippen molar-refractivity contribution in [2.24, 2.45) is 0 Å². The molecule has 1 heterocycles. The molecule has 1 aromatic carbocycles. The van der Waals surface area contributed by atoms with E-state index < -0.39 is 0 Å². The molecule has 13 heavy (non-hydrogen) atoms. The molecule has 2 rings (SSSR count). The van der Waals surface area contributed by atoms with Gasteiger partial charge in [0.2, 0.25) is 0 Å². The highest BCUT2D eigenvalue weighted by Gasteiger charge is 2.04. The summed E-state index contributed by atoms with van der Waals surface area (Å²) in [6.07, 6.45) is 0. The molecular weight excluding hydrogens is 168 g/mol. The van der Waals surface area contributed by atoms with E-state index >= 15 is 0 Å². The van der Waals surface area contributed by atoms with Crippen LogP contribution in [0.3, 0.4) is 0 Å². The number of hydrogen-bond donors (Lipinski definition) is 0.